The predicted octanol–water partition coefficient (Wildman–Crippen LogP) is 6.05. The Morgan fingerprint density at radius 2 is 1.93 bits per heavy atom. The highest BCUT2D eigenvalue weighted by atomic mass is 79.9. The van der Waals surface area contributed by atoms with E-state index in [1.54, 1.807) is 61.7 Å². The molecular weight excluding hydrogens is 638 g/mol. The first-order valence-corrected chi connectivity index (χ1v) is 15.0. The summed E-state index contributed by atoms with van der Waals surface area (Å²) >= 11 is 11.0. The van der Waals surface area contributed by atoms with E-state index in [0.29, 0.717) is 41.4 Å². The standard InChI is InChI=1S/C32H25BrClN3O4S/c1-18(2)41-31(39)28-19(3)36-32-37(29(28)21-9-11-24(34)12-10-21)30(38)27(42-32)15-20-8-13-26(25(33)14-20)40-17-23-7-5-4-6-22(23)16-35/h4-15,18,29H,17H2,1-3H3/b27-15+/t29-/m1/s1. The van der Waals surface area contributed by atoms with E-state index < -0.39 is 12.0 Å². The van der Waals surface area contributed by atoms with E-state index >= 15 is 0 Å². The number of aromatic nitrogens is 1. The lowest BCUT2D eigenvalue weighted by molar-refractivity contribution is -0.143. The fraction of sp³-hybridized carbons (Fsp3) is 0.188. The van der Waals surface area contributed by atoms with Gasteiger partial charge in [0.1, 0.15) is 12.4 Å². The van der Waals surface area contributed by atoms with Crippen molar-refractivity contribution in [1.82, 2.24) is 4.57 Å². The van der Waals surface area contributed by atoms with Crippen LogP contribution in [0.5, 0.6) is 5.75 Å². The molecule has 0 saturated heterocycles. The van der Waals surface area contributed by atoms with Crippen molar-refractivity contribution in [3.8, 4) is 11.8 Å². The van der Waals surface area contributed by atoms with Crippen LogP contribution >= 0.6 is 38.9 Å². The zero-order chi connectivity index (χ0) is 30.0. The zero-order valence-electron chi connectivity index (χ0n) is 22.9. The number of carbonyl (C=O) groups is 1. The maximum Gasteiger partial charge on any atom is 0.338 e. The molecule has 0 radical (unpaired) electrons. The second-order valence-electron chi connectivity index (χ2n) is 9.83. The van der Waals surface area contributed by atoms with Crippen LogP contribution in [0.1, 0.15) is 49.1 Å². The molecule has 5 rings (SSSR count). The summed E-state index contributed by atoms with van der Waals surface area (Å²) in [5, 5.41) is 9.88. The summed E-state index contributed by atoms with van der Waals surface area (Å²) in [6.45, 7) is 5.55. The number of thiazole rings is 1. The van der Waals surface area contributed by atoms with Crippen LogP contribution in [-0.2, 0) is 16.1 Å². The molecule has 1 aliphatic heterocycles. The molecule has 42 heavy (non-hydrogen) atoms. The molecule has 0 aliphatic carbocycles. The molecule has 7 nitrogen and oxygen atoms in total. The number of ether oxygens (including phenoxy) is 2. The Morgan fingerprint density at radius 1 is 1.19 bits per heavy atom. The molecule has 0 N–H and O–H groups in total. The summed E-state index contributed by atoms with van der Waals surface area (Å²) in [5.41, 5.74) is 3.38. The minimum Gasteiger partial charge on any atom is -0.488 e. The van der Waals surface area contributed by atoms with Crippen molar-refractivity contribution in [2.45, 2.75) is 39.5 Å². The van der Waals surface area contributed by atoms with E-state index in [0.717, 1.165) is 16.7 Å². The summed E-state index contributed by atoms with van der Waals surface area (Å²) < 4.78 is 14.2. The lowest BCUT2D eigenvalue weighted by atomic mass is 9.96. The normalized spacial score (nSPS) is 14.8. The molecule has 1 aliphatic rings. The highest BCUT2D eigenvalue weighted by molar-refractivity contribution is 9.10. The van der Waals surface area contributed by atoms with Gasteiger partial charge in [-0.25, -0.2) is 9.79 Å². The van der Waals surface area contributed by atoms with Gasteiger partial charge in [0.05, 0.1) is 44.1 Å². The first-order valence-electron chi connectivity index (χ1n) is 13.1. The van der Waals surface area contributed by atoms with Crippen LogP contribution in [0.15, 0.2) is 92.3 Å². The number of benzene rings is 3. The molecule has 2 heterocycles. The van der Waals surface area contributed by atoms with Gasteiger partial charge in [-0.05, 0) is 84.2 Å². The molecule has 0 unspecified atom stereocenters. The second-order valence-corrected chi connectivity index (χ2v) is 12.1. The summed E-state index contributed by atoms with van der Waals surface area (Å²) in [7, 11) is 0. The number of carbonyl (C=O) groups excluding carboxylic acids is 1. The number of hydrogen-bond acceptors (Lipinski definition) is 7. The van der Waals surface area contributed by atoms with Crippen LogP contribution in [-0.4, -0.2) is 16.6 Å². The monoisotopic (exact) mass is 661 g/mol. The number of allylic oxidation sites excluding steroid dienone is 1. The molecule has 1 aromatic heterocycles. The first-order chi connectivity index (χ1) is 20.2. The lowest BCUT2D eigenvalue weighted by Gasteiger charge is -2.25. The van der Waals surface area contributed by atoms with E-state index in [1.807, 2.05) is 36.4 Å². The van der Waals surface area contributed by atoms with Crippen molar-refractivity contribution in [2.24, 2.45) is 4.99 Å². The fourth-order valence-corrected chi connectivity index (χ4v) is 6.29. The van der Waals surface area contributed by atoms with Crippen LogP contribution < -0.4 is 19.6 Å². The van der Waals surface area contributed by atoms with Crippen molar-refractivity contribution in [3.63, 3.8) is 0 Å². The SMILES string of the molecule is CC1=C(C(=O)OC(C)C)[C@@H](c2ccc(Cl)cc2)n2c(s/c(=C/c3ccc(OCc4ccccc4C#N)c(Br)c3)c2=O)=N1. The van der Waals surface area contributed by atoms with Crippen molar-refractivity contribution >= 4 is 50.9 Å². The summed E-state index contributed by atoms with van der Waals surface area (Å²) in [4.78, 5) is 32.2. The van der Waals surface area contributed by atoms with Gasteiger partial charge in [0, 0.05) is 10.6 Å². The van der Waals surface area contributed by atoms with E-state index in [9.17, 15) is 14.9 Å². The zero-order valence-corrected chi connectivity index (χ0v) is 26.1. The van der Waals surface area contributed by atoms with E-state index in [-0.39, 0.29) is 18.3 Å². The molecule has 0 bridgehead atoms. The number of nitriles is 1. The Labute approximate surface area is 259 Å². The molecule has 3 aromatic carbocycles. The fourth-order valence-electron chi connectivity index (χ4n) is 4.61. The minimum absolute atomic E-state index is 0.242. The maximum absolute atomic E-state index is 13.9. The van der Waals surface area contributed by atoms with Crippen molar-refractivity contribution < 1.29 is 14.3 Å². The Balaban J connectivity index is 1.52. The Kier molecular flexibility index (Phi) is 8.78. The number of hydrogen-bond donors (Lipinski definition) is 0. The van der Waals surface area contributed by atoms with Crippen molar-refractivity contribution in [2.75, 3.05) is 0 Å². The van der Waals surface area contributed by atoms with Gasteiger partial charge < -0.3 is 9.47 Å². The largest absolute Gasteiger partial charge is 0.488 e. The number of halogens is 2. The Bertz CT molecular complexity index is 1940. The van der Waals surface area contributed by atoms with Crippen molar-refractivity contribution in [3.05, 3.63) is 129 Å². The maximum atomic E-state index is 13.9. The predicted molar refractivity (Wildman–Crippen MR) is 166 cm³/mol. The highest BCUT2D eigenvalue weighted by Gasteiger charge is 2.33. The molecule has 4 aromatic rings. The van der Waals surface area contributed by atoms with Crippen LogP contribution in [0.2, 0.25) is 5.02 Å². The second kappa shape index (κ2) is 12.5. The van der Waals surface area contributed by atoms with Crippen molar-refractivity contribution in [1.29, 1.82) is 5.26 Å². The molecule has 0 spiro atoms. The third-order valence-corrected chi connectivity index (χ3v) is 8.40. The van der Waals surface area contributed by atoms with Gasteiger partial charge in [-0.15, -0.1) is 0 Å². The van der Waals surface area contributed by atoms with Gasteiger partial charge in [-0.3, -0.25) is 9.36 Å². The topological polar surface area (TPSA) is 93.7 Å². The highest BCUT2D eigenvalue weighted by Crippen LogP contribution is 2.32. The molecule has 0 fully saturated rings. The average Bonchev–Trinajstić information content (AvgIpc) is 3.26. The Hall–Kier alpha value is -3.97. The molecule has 0 saturated carbocycles. The lowest BCUT2D eigenvalue weighted by Crippen LogP contribution is -2.40. The number of esters is 1. The number of fused-ring (bicyclic) bond motifs is 1. The Morgan fingerprint density at radius 3 is 2.62 bits per heavy atom. The van der Waals surface area contributed by atoms with Gasteiger partial charge in [0.25, 0.3) is 5.56 Å². The quantitative estimate of drug-likeness (QED) is 0.225. The minimum atomic E-state index is -0.717. The smallest absolute Gasteiger partial charge is 0.338 e. The number of nitrogens with zero attached hydrogens (tertiary/aromatic N) is 3. The number of rotatable bonds is 7. The van der Waals surface area contributed by atoms with Gasteiger partial charge in [-0.1, -0.05) is 59.3 Å². The van der Waals surface area contributed by atoms with Gasteiger partial charge in [-0.2, -0.15) is 5.26 Å². The van der Waals surface area contributed by atoms with Crippen LogP contribution in [0.25, 0.3) is 6.08 Å². The molecule has 0 amide bonds. The third kappa shape index (κ3) is 6.12. The molecule has 1 atom stereocenters. The van der Waals surface area contributed by atoms with E-state index in [1.165, 1.54) is 11.3 Å². The van der Waals surface area contributed by atoms with E-state index in [4.69, 9.17) is 21.1 Å². The van der Waals surface area contributed by atoms with Crippen LogP contribution in [0.4, 0.5) is 0 Å². The molecular formula is C32H25BrClN3O4S. The summed E-state index contributed by atoms with van der Waals surface area (Å²) in [6.07, 6.45) is 1.45. The third-order valence-electron chi connectivity index (χ3n) is 6.54. The molecule has 10 heteroatoms. The summed E-state index contributed by atoms with van der Waals surface area (Å²) in [6, 6.07) is 21.3. The van der Waals surface area contributed by atoms with Gasteiger partial charge in [0.15, 0.2) is 4.80 Å². The van der Waals surface area contributed by atoms with Crippen LogP contribution in [0, 0.1) is 11.3 Å². The average molecular weight is 663 g/mol. The van der Waals surface area contributed by atoms with Gasteiger partial charge >= 0.3 is 5.97 Å². The van der Waals surface area contributed by atoms with Gasteiger partial charge in [0.2, 0.25) is 0 Å². The summed E-state index contributed by atoms with van der Waals surface area (Å²) in [5.74, 6) is 0.0883. The first kappa shape index (κ1) is 29.5. The molecule has 212 valence electrons. The van der Waals surface area contributed by atoms with Crippen LogP contribution in [0.3, 0.4) is 0 Å². The van der Waals surface area contributed by atoms with E-state index in [2.05, 4.69) is 27.0 Å².